The Balaban J connectivity index is 1.96. The minimum absolute atomic E-state index is 0.148. The van der Waals surface area contributed by atoms with Crippen molar-refractivity contribution in [1.82, 2.24) is 0 Å². The van der Waals surface area contributed by atoms with Crippen LogP contribution in [0.3, 0.4) is 0 Å². The third-order valence-electron chi connectivity index (χ3n) is 2.44. The Bertz CT molecular complexity index is 375. The summed E-state index contributed by atoms with van der Waals surface area (Å²) in [6, 6.07) is 7.42. The second kappa shape index (κ2) is 5.71. The number of carbonyl (C=O) groups is 1. The number of thioether (sulfide) groups is 1. The zero-order valence-corrected chi connectivity index (χ0v) is 10.4. The number of hydrogen-bond acceptors (Lipinski definition) is 3. The third kappa shape index (κ3) is 3.24. The first-order chi connectivity index (χ1) is 7.75. The zero-order chi connectivity index (χ0) is 11.4. The highest BCUT2D eigenvalue weighted by atomic mass is 35.5. The van der Waals surface area contributed by atoms with Crippen LogP contribution in [0.4, 0.5) is 0 Å². The minimum Gasteiger partial charge on any atom is -0.369 e. The molecule has 1 aliphatic heterocycles. The van der Waals surface area contributed by atoms with Crippen LogP contribution in [0.1, 0.15) is 5.56 Å². The van der Waals surface area contributed by atoms with Crippen LogP contribution in [-0.2, 0) is 16.0 Å². The number of Topliss-reactive ketones (excluding diaryl/α,β-unsaturated/α-hetero) is 1. The summed E-state index contributed by atoms with van der Waals surface area (Å²) in [6.07, 6.45) is 0.170. The van der Waals surface area contributed by atoms with Gasteiger partial charge < -0.3 is 4.74 Å². The third-order valence-corrected chi connectivity index (χ3v) is 3.67. The first kappa shape index (κ1) is 12.0. The lowest BCUT2D eigenvalue weighted by atomic mass is 10.1. The van der Waals surface area contributed by atoms with Crippen molar-refractivity contribution in [2.45, 2.75) is 12.5 Å². The summed E-state index contributed by atoms with van der Waals surface area (Å²) >= 11 is 7.64. The van der Waals surface area contributed by atoms with E-state index in [2.05, 4.69) is 0 Å². The Morgan fingerprint density at radius 3 is 3.12 bits per heavy atom. The lowest BCUT2D eigenvalue weighted by Gasteiger charge is -2.20. The van der Waals surface area contributed by atoms with Crippen LogP contribution >= 0.6 is 23.4 Å². The lowest BCUT2D eigenvalue weighted by molar-refractivity contribution is -0.128. The fraction of sp³-hybridized carbons (Fsp3) is 0.417. The van der Waals surface area contributed by atoms with Gasteiger partial charge in [-0.1, -0.05) is 23.7 Å². The highest BCUT2D eigenvalue weighted by Gasteiger charge is 2.22. The molecule has 0 bridgehead atoms. The van der Waals surface area contributed by atoms with Crippen molar-refractivity contribution in [3.63, 3.8) is 0 Å². The van der Waals surface area contributed by atoms with Gasteiger partial charge in [-0.3, -0.25) is 4.79 Å². The number of ether oxygens (including phenoxy) is 1. The van der Waals surface area contributed by atoms with Gasteiger partial charge in [0, 0.05) is 22.9 Å². The highest BCUT2D eigenvalue weighted by molar-refractivity contribution is 7.99. The Morgan fingerprint density at radius 2 is 2.44 bits per heavy atom. The van der Waals surface area contributed by atoms with E-state index in [0.717, 1.165) is 17.1 Å². The van der Waals surface area contributed by atoms with E-state index < -0.39 is 0 Å². The minimum atomic E-state index is -0.238. The van der Waals surface area contributed by atoms with Crippen molar-refractivity contribution in [3.8, 4) is 0 Å². The predicted octanol–water partition coefficient (Wildman–Crippen LogP) is 2.58. The van der Waals surface area contributed by atoms with Gasteiger partial charge in [0.05, 0.1) is 6.61 Å². The molecule has 2 nitrogen and oxygen atoms in total. The molecule has 1 heterocycles. The molecular formula is C12H13ClO2S. The Morgan fingerprint density at radius 1 is 1.56 bits per heavy atom. The first-order valence-electron chi connectivity index (χ1n) is 5.22. The molecule has 86 valence electrons. The van der Waals surface area contributed by atoms with Crippen LogP contribution in [-0.4, -0.2) is 30.0 Å². The van der Waals surface area contributed by atoms with E-state index >= 15 is 0 Å². The summed E-state index contributed by atoms with van der Waals surface area (Å²) in [5, 5.41) is 0.671. The quantitative estimate of drug-likeness (QED) is 0.832. The molecule has 1 atom stereocenters. The number of carbonyl (C=O) groups excluding carboxylic acids is 1. The number of halogens is 1. The number of rotatable bonds is 3. The van der Waals surface area contributed by atoms with Gasteiger partial charge in [0.1, 0.15) is 6.10 Å². The summed E-state index contributed by atoms with van der Waals surface area (Å²) in [5.74, 6) is 1.91. The van der Waals surface area contributed by atoms with Crippen LogP contribution < -0.4 is 0 Å². The van der Waals surface area contributed by atoms with Crippen LogP contribution in [0.5, 0.6) is 0 Å². The molecule has 1 aromatic rings. The summed E-state index contributed by atoms with van der Waals surface area (Å²) in [7, 11) is 0. The maximum Gasteiger partial charge on any atom is 0.166 e. The van der Waals surface area contributed by atoms with Crippen molar-refractivity contribution in [2.24, 2.45) is 0 Å². The maximum atomic E-state index is 11.9. The monoisotopic (exact) mass is 256 g/mol. The summed E-state index contributed by atoms with van der Waals surface area (Å²) < 4.78 is 5.44. The fourth-order valence-corrected chi connectivity index (χ4v) is 2.73. The molecule has 16 heavy (non-hydrogen) atoms. The molecule has 2 rings (SSSR count). The molecule has 0 radical (unpaired) electrons. The first-order valence-corrected chi connectivity index (χ1v) is 6.75. The van der Waals surface area contributed by atoms with E-state index in [1.165, 1.54) is 0 Å². The average molecular weight is 257 g/mol. The number of benzene rings is 1. The fourth-order valence-electron chi connectivity index (χ4n) is 1.64. The topological polar surface area (TPSA) is 26.3 Å². The average Bonchev–Trinajstić information content (AvgIpc) is 2.30. The summed E-state index contributed by atoms with van der Waals surface area (Å²) in [5.41, 5.74) is 0.955. The van der Waals surface area contributed by atoms with Gasteiger partial charge in [-0.15, -0.1) is 0 Å². The maximum absolute atomic E-state index is 11.9. The van der Waals surface area contributed by atoms with Gasteiger partial charge in [-0.05, 0) is 17.7 Å². The Labute approximate surface area is 104 Å². The standard InChI is InChI=1S/C12H13ClO2S/c13-10-3-1-2-9(6-10)7-11(14)12-8-16-5-4-15-12/h1-3,6,12H,4-5,7-8H2. The van der Waals surface area contributed by atoms with Gasteiger partial charge in [-0.25, -0.2) is 0 Å². The predicted molar refractivity (Wildman–Crippen MR) is 67.2 cm³/mol. The van der Waals surface area contributed by atoms with E-state index in [1.54, 1.807) is 11.8 Å². The molecule has 0 aliphatic carbocycles. The van der Waals surface area contributed by atoms with Gasteiger partial charge >= 0.3 is 0 Å². The van der Waals surface area contributed by atoms with E-state index in [-0.39, 0.29) is 11.9 Å². The molecule has 1 aromatic carbocycles. The molecule has 0 spiro atoms. The van der Waals surface area contributed by atoms with Gasteiger partial charge in [0.25, 0.3) is 0 Å². The van der Waals surface area contributed by atoms with E-state index in [9.17, 15) is 4.79 Å². The second-order valence-electron chi connectivity index (χ2n) is 3.71. The van der Waals surface area contributed by atoms with Gasteiger partial charge in [-0.2, -0.15) is 11.8 Å². The molecule has 0 amide bonds. The van der Waals surface area contributed by atoms with E-state index in [4.69, 9.17) is 16.3 Å². The highest BCUT2D eigenvalue weighted by Crippen LogP contribution is 2.16. The molecule has 0 N–H and O–H groups in total. The van der Waals surface area contributed by atoms with Crippen molar-refractivity contribution in [2.75, 3.05) is 18.1 Å². The number of hydrogen-bond donors (Lipinski definition) is 0. The molecule has 0 aromatic heterocycles. The smallest absolute Gasteiger partial charge is 0.166 e. The van der Waals surface area contributed by atoms with E-state index in [1.807, 2.05) is 24.3 Å². The largest absolute Gasteiger partial charge is 0.369 e. The zero-order valence-electron chi connectivity index (χ0n) is 8.82. The molecule has 0 saturated carbocycles. The molecule has 1 saturated heterocycles. The van der Waals surface area contributed by atoms with Gasteiger partial charge in [0.2, 0.25) is 0 Å². The molecule has 1 fully saturated rings. The SMILES string of the molecule is O=C(Cc1cccc(Cl)c1)C1CSCCO1. The van der Waals surface area contributed by atoms with Crippen molar-refractivity contribution in [3.05, 3.63) is 34.9 Å². The summed E-state index contributed by atoms with van der Waals surface area (Å²) in [4.78, 5) is 11.9. The molecular weight excluding hydrogens is 244 g/mol. The Kier molecular flexibility index (Phi) is 4.27. The van der Waals surface area contributed by atoms with E-state index in [0.29, 0.717) is 18.1 Å². The van der Waals surface area contributed by atoms with Crippen molar-refractivity contribution >= 4 is 29.1 Å². The molecule has 1 aliphatic rings. The van der Waals surface area contributed by atoms with Crippen molar-refractivity contribution < 1.29 is 9.53 Å². The normalized spacial score (nSPS) is 20.7. The second-order valence-corrected chi connectivity index (χ2v) is 5.29. The van der Waals surface area contributed by atoms with Crippen molar-refractivity contribution in [1.29, 1.82) is 0 Å². The molecule has 1 unspecified atom stereocenters. The van der Waals surface area contributed by atoms with Crippen LogP contribution in [0.15, 0.2) is 24.3 Å². The van der Waals surface area contributed by atoms with Crippen LogP contribution in [0, 0.1) is 0 Å². The van der Waals surface area contributed by atoms with Crippen LogP contribution in [0.25, 0.3) is 0 Å². The lowest BCUT2D eigenvalue weighted by Crippen LogP contribution is -2.32. The Hall–Kier alpha value is -0.510. The van der Waals surface area contributed by atoms with Gasteiger partial charge in [0.15, 0.2) is 5.78 Å². The van der Waals surface area contributed by atoms with Crippen LogP contribution in [0.2, 0.25) is 5.02 Å². The summed E-state index contributed by atoms with van der Waals surface area (Å²) in [6.45, 7) is 0.677. The number of ketones is 1. The molecule has 4 heteroatoms.